The summed E-state index contributed by atoms with van der Waals surface area (Å²) in [5.41, 5.74) is 0.659. The first-order valence-corrected chi connectivity index (χ1v) is 8.84. The van der Waals surface area contributed by atoms with E-state index in [1.54, 1.807) is 35.6 Å². The molecular weight excluding hydrogens is 356 g/mol. The van der Waals surface area contributed by atoms with Crippen LogP contribution in [0.4, 0.5) is 4.79 Å². The minimum Gasteiger partial charge on any atom is -0.496 e. The van der Waals surface area contributed by atoms with Gasteiger partial charge in [0, 0.05) is 17.0 Å². The molecule has 0 radical (unpaired) electrons. The van der Waals surface area contributed by atoms with Crippen LogP contribution in [-0.4, -0.2) is 38.2 Å². The standard InChI is InChI=1S/C18H20N2O5S/c1-24-15-7-3-2-5-13(15)11-17(22)25-12-16(21)20-18(23)19-9-8-14-6-4-10-26-14/h2-7,10H,8-9,11-12H2,1H3,(H2,19,20,21,23). The lowest BCUT2D eigenvalue weighted by molar-refractivity contribution is -0.147. The normalized spacial score (nSPS) is 10.0. The van der Waals surface area contributed by atoms with E-state index in [1.807, 2.05) is 17.5 Å². The fourth-order valence-corrected chi connectivity index (χ4v) is 2.87. The molecule has 0 bridgehead atoms. The summed E-state index contributed by atoms with van der Waals surface area (Å²) in [6.07, 6.45) is 0.664. The van der Waals surface area contributed by atoms with Crippen LogP contribution in [0.1, 0.15) is 10.4 Å². The molecule has 7 nitrogen and oxygen atoms in total. The summed E-state index contributed by atoms with van der Waals surface area (Å²) in [5, 5.41) is 6.64. The van der Waals surface area contributed by atoms with Gasteiger partial charge < -0.3 is 14.8 Å². The van der Waals surface area contributed by atoms with Crippen LogP contribution in [0.3, 0.4) is 0 Å². The van der Waals surface area contributed by atoms with Crippen molar-refractivity contribution in [2.75, 3.05) is 20.3 Å². The average Bonchev–Trinajstić information content (AvgIpc) is 3.14. The van der Waals surface area contributed by atoms with E-state index in [2.05, 4.69) is 10.6 Å². The number of benzene rings is 1. The third kappa shape index (κ3) is 6.56. The van der Waals surface area contributed by atoms with E-state index < -0.39 is 24.5 Å². The highest BCUT2D eigenvalue weighted by Crippen LogP contribution is 2.17. The van der Waals surface area contributed by atoms with Crippen LogP contribution in [0.25, 0.3) is 0 Å². The molecule has 0 aliphatic heterocycles. The summed E-state index contributed by atoms with van der Waals surface area (Å²) >= 11 is 1.60. The Balaban J connectivity index is 1.65. The van der Waals surface area contributed by atoms with Crippen molar-refractivity contribution in [3.63, 3.8) is 0 Å². The number of hydrogen-bond acceptors (Lipinski definition) is 6. The zero-order valence-electron chi connectivity index (χ0n) is 14.3. The maximum Gasteiger partial charge on any atom is 0.321 e. The molecule has 0 aliphatic carbocycles. The largest absolute Gasteiger partial charge is 0.496 e. The van der Waals surface area contributed by atoms with Gasteiger partial charge in [-0.25, -0.2) is 4.79 Å². The first-order valence-electron chi connectivity index (χ1n) is 7.96. The number of hydrogen-bond donors (Lipinski definition) is 2. The number of rotatable bonds is 8. The first-order chi connectivity index (χ1) is 12.6. The number of carbonyl (C=O) groups is 3. The Labute approximate surface area is 155 Å². The molecular formula is C18H20N2O5S. The molecule has 2 rings (SSSR count). The van der Waals surface area contributed by atoms with E-state index in [0.717, 1.165) is 4.88 Å². The minimum atomic E-state index is -0.688. The molecule has 0 unspecified atom stereocenters. The van der Waals surface area contributed by atoms with Crippen molar-refractivity contribution in [2.45, 2.75) is 12.8 Å². The van der Waals surface area contributed by atoms with Gasteiger partial charge in [0.2, 0.25) is 0 Å². The van der Waals surface area contributed by atoms with Crippen LogP contribution < -0.4 is 15.4 Å². The number of ether oxygens (including phenoxy) is 2. The molecule has 0 spiro atoms. The molecule has 2 N–H and O–H groups in total. The van der Waals surface area contributed by atoms with Gasteiger partial charge in [-0.1, -0.05) is 24.3 Å². The van der Waals surface area contributed by atoms with Gasteiger partial charge in [-0.05, 0) is 23.9 Å². The maximum atomic E-state index is 11.8. The third-order valence-corrected chi connectivity index (χ3v) is 4.32. The van der Waals surface area contributed by atoms with Crippen LogP contribution in [0, 0.1) is 0 Å². The molecule has 0 saturated carbocycles. The van der Waals surface area contributed by atoms with Crippen LogP contribution in [0.5, 0.6) is 5.75 Å². The lowest BCUT2D eigenvalue weighted by Crippen LogP contribution is -2.42. The zero-order valence-corrected chi connectivity index (χ0v) is 15.1. The SMILES string of the molecule is COc1ccccc1CC(=O)OCC(=O)NC(=O)NCCc1cccs1. The van der Waals surface area contributed by atoms with Gasteiger partial charge in [-0.15, -0.1) is 11.3 Å². The zero-order chi connectivity index (χ0) is 18.8. The Morgan fingerprint density at radius 3 is 2.65 bits per heavy atom. The Kier molecular flexibility index (Phi) is 7.63. The topological polar surface area (TPSA) is 93.7 Å². The lowest BCUT2D eigenvalue weighted by Gasteiger charge is -2.09. The van der Waals surface area contributed by atoms with Gasteiger partial charge in [-0.2, -0.15) is 0 Å². The predicted molar refractivity (Wildman–Crippen MR) is 97.2 cm³/mol. The first kappa shape index (κ1) is 19.5. The number of amides is 3. The van der Waals surface area contributed by atoms with Crippen molar-refractivity contribution in [3.05, 3.63) is 52.2 Å². The second kappa shape index (κ2) is 10.2. The summed E-state index contributed by atoms with van der Waals surface area (Å²) in [7, 11) is 1.51. The summed E-state index contributed by atoms with van der Waals surface area (Å²) in [6, 6.07) is 10.3. The molecule has 1 heterocycles. The summed E-state index contributed by atoms with van der Waals surface area (Å²) < 4.78 is 10.0. The highest BCUT2D eigenvalue weighted by molar-refractivity contribution is 7.09. The number of esters is 1. The molecule has 3 amide bonds. The predicted octanol–water partition coefficient (Wildman–Crippen LogP) is 1.91. The lowest BCUT2D eigenvalue weighted by atomic mass is 10.1. The molecule has 26 heavy (non-hydrogen) atoms. The number of nitrogens with one attached hydrogen (secondary N) is 2. The van der Waals surface area contributed by atoms with Crippen molar-refractivity contribution in [1.82, 2.24) is 10.6 Å². The number of thiophene rings is 1. The van der Waals surface area contributed by atoms with Gasteiger partial charge in [-0.3, -0.25) is 14.9 Å². The molecule has 0 saturated heterocycles. The minimum absolute atomic E-state index is 0.0235. The van der Waals surface area contributed by atoms with E-state index in [-0.39, 0.29) is 6.42 Å². The molecule has 0 fully saturated rings. The van der Waals surface area contributed by atoms with Crippen LogP contribution >= 0.6 is 11.3 Å². The van der Waals surface area contributed by atoms with Crippen molar-refractivity contribution in [3.8, 4) is 5.75 Å². The smallest absolute Gasteiger partial charge is 0.321 e. The van der Waals surface area contributed by atoms with Crippen LogP contribution in [0.2, 0.25) is 0 Å². The van der Waals surface area contributed by atoms with Gasteiger partial charge >= 0.3 is 12.0 Å². The van der Waals surface area contributed by atoms with Gasteiger partial charge in [0.1, 0.15) is 5.75 Å². The van der Waals surface area contributed by atoms with E-state index >= 15 is 0 Å². The second-order valence-corrected chi connectivity index (χ2v) is 6.31. The fraction of sp³-hybridized carbons (Fsp3) is 0.278. The molecule has 1 aromatic heterocycles. The highest BCUT2D eigenvalue weighted by Gasteiger charge is 2.13. The van der Waals surface area contributed by atoms with Gasteiger partial charge in [0.15, 0.2) is 6.61 Å². The van der Waals surface area contributed by atoms with E-state index in [4.69, 9.17) is 9.47 Å². The Morgan fingerprint density at radius 1 is 1.12 bits per heavy atom. The van der Waals surface area contributed by atoms with Crippen molar-refractivity contribution in [2.24, 2.45) is 0 Å². The molecule has 138 valence electrons. The second-order valence-electron chi connectivity index (χ2n) is 5.28. The van der Waals surface area contributed by atoms with E-state index in [1.165, 1.54) is 7.11 Å². The molecule has 2 aromatic rings. The Morgan fingerprint density at radius 2 is 1.92 bits per heavy atom. The summed E-state index contributed by atoms with van der Waals surface area (Å²) in [4.78, 5) is 36.2. The molecule has 8 heteroatoms. The quantitative estimate of drug-likeness (QED) is 0.687. The number of para-hydroxylation sites is 1. The van der Waals surface area contributed by atoms with Crippen molar-refractivity contribution >= 4 is 29.2 Å². The van der Waals surface area contributed by atoms with Crippen molar-refractivity contribution < 1.29 is 23.9 Å². The third-order valence-electron chi connectivity index (χ3n) is 3.38. The number of carbonyl (C=O) groups excluding carboxylic acids is 3. The molecule has 1 aromatic carbocycles. The fourth-order valence-electron chi connectivity index (χ4n) is 2.16. The summed E-state index contributed by atoms with van der Waals surface area (Å²) in [6.45, 7) is -0.112. The van der Waals surface area contributed by atoms with Crippen LogP contribution in [-0.2, 0) is 27.2 Å². The van der Waals surface area contributed by atoms with Crippen LogP contribution in [0.15, 0.2) is 41.8 Å². The number of urea groups is 1. The monoisotopic (exact) mass is 376 g/mol. The highest BCUT2D eigenvalue weighted by atomic mass is 32.1. The molecule has 0 aliphatic rings. The van der Waals surface area contributed by atoms with Crippen molar-refractivity contribution in [1.29, 1.82) is 0 Å². The van der Waals surface area contributed by atoms with Gasteiger partial charge in [0.05, 0.1) is 13.5 Å². The Bertz CT molecular complexity index is 746. The van der Waals surface area contributed by atoms with E-state index in [9.17, 15) is 14.4 Å². The summed E-state index contributed by atoms with van der Waals surface area (Å²) in [5.74, 6) is -0.700. The number of imide groups is 1. The molecule has 0 atom stereocenters. The number of methoxy groups -OCH3 is 1. The Hall–Kier alpha value is -2.87. The van der Waals surface area contributed by atoms with E-state index in [0.29, 0.717) is 24.3 Å². The van der Waals surface area contributed by atoms with Gasteiger partial charge in [0.25, 0.3) is 5.91 Å². The maximum absolute atomic E-state index is 11.8. The average molecular weight is 376 g/mol.